The lowest BCUT2D eigenvalue weighted by atomic mass is 9.93. The second kappa shape index (κ2) is 8.15. The molecule has 1 aliphatic carbocycles. The molecule has 0 spiro atoms. The number of hydrogen-bond donors (Lipinski definition) is 2. The van der Waals surface area contributed by atoms with Crippen LogP contribution in [0.5, 0.6) is 6.01 Å². The molecule has 4 unspecified atom stereocenters. The Hall–Kier alpha value is -2.45. The van der Waals surface area contributed by atoms with Gasteiger partial charge in [-0.15, -0.1) is 0 Å². The van der Waals surface area contributed by atoms with Gasteiger partial charge >= 0.3 is 0 Å². The van der Waals surface area contributed by atoms with E-state index in [0.717, 1.165) is 18.4 Å². The second-order valence-corrected chi connectivity index (χ2v) is 9.01. The van der Waals surface area contributed by atoms with E-state index in [0.29, 0.717) is 34.5 Å². The SMILES string of the molecule is OC1COC2C(Oc3nc4nc(-c5ccc(C6=CCCCC6)cc5)c(Cl)cc4[nH]3)COC12. The molecular weight excluding hydrogens is 430 g/mol. The van der Waals surface area contributed by atoms with Gasteiger partial charge in [-0.25, -0.2) is 4.98 Å². The van der Waals surface area contributed by atoms with Crippen molar-refractivity contribution in [3.8, 4) is 17.3 Å². The van der Waals surface area contributed by atoms with E-state index in [1.165, 1.54) is 24.0 Å². The number of aliphatic hydroxyl groups excluding tert-OH is 1. The third-order valence-corrected chi connectivity index (χ3v) is 6.76. The molecule has 7 nitrogen and oxygen atoms in total. The molecule has 2 N–H and O–H groups in total. The number of benzene rings is 1. The van der Waals surface area contributed by atoms with Crippen molar-refractivity contribution < 1.29 is 19.3 Å². The molecule has 4 heterocycles. The van der Waals surface area contributed by atoms with Crippen molar-refractivity contribution in [3.63, 3.8) is 0 Å². The number of hydrogen-bond acceptors (Lipinski definition) is 6. The Morgan fingerprint density at radius 3 is 2.66 bits per heavy atom. The molecule has 8 heteroatoms. The third kappa shape index (κ3) is 3.59. The topological polar surface area (TPSA) is 89.5 Å². The molecule has 0 saturated carbocycles. The monoisotopic (exact) mass is 453 g/mol. The molecule has 32 heavy (non-hydrogen) atoms. The van der Waals surface area contributed by atoms with E-state index < -0.39 is 6.10 Å². The number of fused-ring (bicyclic) bond motifs is 2. The Kier molecular flexibility index (Phi) is 5.14. The Morgan fingerprint density at radius 2 is 1.84 bits per heavy atom. The minimum absolute atomic E-state index is 0.256. The van der Waals surface area contributed by atoms with Crippen LogP contribution in [-0.2, 0) is 9.47 Å². The summed E-state index contributed by atoms with van der Waals surface area (Å²) in [5.74, 6) is 0. The lowest BCUT2D eigenvalue weighted by Crippen LogP contribution is -2.34. The Labute approximate surface area is 190 Å². The number of nitrogens with one attached hydrogen (secondary N) is 1. The lowest BCUT2D eigenvalue weighted by Gasteiger charge is -2.15. The summed E-state index contributed by atoms with van der Waals surface area (Å²) < 4.78 is 17.2. The molecule has 4 atom stereocenters. The van der Waals surface area contributed by atoms with Gasteiger partial charge in [0.25, 0.3) is 6.01 Å². The van der Waals surface area contributed by atoms with Crippen molar-refractivity contribution in [3.05, 3.63) is 47.0 Å². The standard InChI is InChI=1S/C24H24ClN3O4/c25-16-10-17-23(28-24(26-17)32-19-12-31-21-18(29)11-30-22(19)21)27-20(16)15-8-6-14(7-9-15)13-4-2-1-3-5-13/h4,6-10,18-19,21-22,29H,1-3,5,11-12H2,(H,26,27,28). The first kappa shape index (κ1) is 20.2. The highest BCUT2D eigenvalue weighted by atomic mass is 35.5. The van der Waals surface area contributed by atoms with Gasteiger partial charge in [-0.3, -0.25) is 0 Å². The number of imidazole rings is 1. The molecule has 166 valence electrons. The van der Waals surface area contributed by atoms with Crippen LogP contribution in [0, 0.1) is 0 Å². The van der Waals surface area contributed by atoms with Crippen molar-refractivity contribution in [1.82, 2.24) is 15.0 Å². The highest BCUT2D eigenvalue weighted by molar-refractivity contribution is 6.33. The normalized spacial score (nSPS) is 27.5. The molecule has 2 aromatic heterocycles. The van der Waals surface area contributed by atoms with Gasteiger partial charge < -0.3 is 24.3 Å². The summed E-state index contributed by atoms with van der Waals surface area (Å²) in [5.41, 5.74) is 5.54. The number of nitrogens with zero attached hydrogens (tertiary/aromatic N) is 2. The molecule has 1 aromatic carbocycles. The average molecular weight is 454 g/mol. The van der Waals surface area contributed by atoms with Gasteiger partial charge in [0, 0.05) is 5.56 Å². The molecule has 3 aromatic rings. The van der Waals surface area contributed by atoms with E-state index in [-0.39, 0.29) is 24.9 Å². The number of ether oxygens (including phenoxy) is 3. The van der Waals surface area contributed by atoms with Crippen LogP contribution < -0.4 is 4.74 Å². The summed E-state index contributed by atoms with van der Waals surface area (Å²) in [6.45, 7) is 0.595. The minimum Gasteiger partial charge on any atom is -0.456 e. The molecule has 0 amide bonds. The minimum atomic E-state index is -0.618. The number of aromatic nitrogens is 3. The summed E-state index contributed by atoms with van der Waals surface area (Å²) in [5, 5.41) is 10.4. The van der Waals surface area contributed by atoms with Gasteiger partial charge in [-0.05, 0) is 42.9 Å². The Balaban J connectivity index is 1.24. The van der Waals surface area contributed by atoms with Crippen LogP contribution in [0.25, 0.3) is 28.0 Å². The smallest absolute Gasteiger partial charge is 0.296 e. The third-order valence-electron chi connectivity index (χ3n) is 6.47. The molecule has 6 rings (SSSR count). The number of aliphatic hydroxyl groups is 1. The number of rotatable bonds is 4. The van der Waals surface area contributed by atoms with Crippen molar-refractivity contribution in [2.75, 3.05) is 13.2 Å². The highest BCUT2D eigenvalue weighted by Gasteiger charge is 2.48. The average Bonchev–Trinajstić information content (AvgIpc) is 3.51. The van der Waals surface area contributed by atoms with E-state index in [2.05, 4.69) is 45.3 Å². The Morgan fingerprint density at radius 1 is 1.03 bits per heavy atom. The van der Waals surface area contributed by atoms with Crippen LogP contribution in [0.3, 0.4) is 0 Å². The van der Waals surface area contributed by atoms with Gasteiger partial charge in [-0.2, -0.15) is 4.98 Å². The predicted molar refractivity (Wildman–Crippen MR) is 121 cm³/mol. The van der Waals surface area contributed by atoms with Gasteiger partial charge in [0.1, 0.15) is 18.3 Å². The number of aromatic amines is 1. The fourth-order valence-electron chi connectivity index (χ4n) is 4.78. The van der Waals surface area contributed by atoms with Crippen molar-refractivity contribution >= 4 is 28.3 Å². The van der Waals surface area contributed by atoms with Crippen molar-refractivity contribution in [2.45, 2.75) is 50.1 Å². The van der Waals surface area contributed by atoms with Crippen LogP contribution in [0.1, 0.15) is 31.2 Å². The van der Waals surface area contributed by atoms with Gasteiger partial charge in [-0.1, -0.05) is 41.9 Å². The summed E-state index contributed by atoms with van der Waals surface area (Å²) in [7, 11) is 0. The fourth-order valence-corrected chi connectivity index (χ4v) is 5.05. The number of H-pyrrole nitrogens is 1. The largest absolute Gasteiger partial charge is 0.456 e. The summed E-state index contributed by atoms with van der Waals surface area (Å²) in [6.07, 6.45) is 5.56. The summed E-state index contributed by atoms with van der Waals surface area (Å²) in [6, 6.07) is 10.6. The molecule has 2 saturated heterocycles. The van der Waals surface area contributed by atoms with Gasteiger partial charge in [0.05, 0.1) is 29.4 Å². The summed E-state index contributed by atoms with van der Waals surface area (Å²) >= 11 is 6.56. The molecule has 3 aliphatic rings. The highest BCUT2D eigenvalue weighted by Crippen LogP contribution is 2.33. The second-order valence-electron chi connectivity index (χ2n) is 8.60. The molecule has 2 aliphatic heterocycles. The molecule has 0 bridgehead atoms. The maximum Gasteiger partial charge on any atom is 0.296 e. The zero-order valence-electron chi connectivity index (χ0n) is 17.5. The van der Waals surface area contributed by atoms with Crippen molar-refractivity contribution in [1.29, 1.82) is 0 Å². The number of allylic oxidation sites excluding steroid dienone is 2. The predicted octanol–water partition coefficient (Wildman–Crippen LogP) is 4.14. The number of pyridine rings is 1. The summed E-state index contributed by atoms with van der Waals surface area (Å²) in [4.78, 5) is 12.3. The first-order valence-electron chi connectivity index (χ1n) is 11.1. The van der Waals surface area contributed by atoms with E-state index in [1.807, 2.05) is 6.07 Å². The maximum absolute atomic E-state index is 9.90. The molecule has 2 fully saturated rings. The van der Waals surface area contributed by atoms with Crippen LogP contribution in [0.4, 0.5) is 0 Å². The van der Waals surface area contributed by atoms with Crippen molar-refractivity contribution in [2.24, 2.45) is 0 Å². The van der Waals surface area contributed by atoms with Crippen LogP contribution in [0.2, 0.25) is 5.02 Å². The van der Waals surface area contributed by atoms with Crippen LogP contribution >= 0.6 is 11.6 Å². The molecule has 0 radical (unpaired) electrons. The maximum atomic E-state index is 9.90. The van der Waals surface area contributed by atoms with Gasteiger partial charge in [0.2, 0.25) is 0 Å². The number of halogens is 1. The Bertz CT molecular complexity index is 1180. The fraction of sp³-hybridized carbons (Fsp3) is 0.417. The van der Waals surface area contributed by atoms with E-state index in [1.54, 1.807) is 0 Å². The van der Waals surface area contributed by atoms with Gasteiger partial charge in [0.15, 0.2) is 11.8 Å². The zero-order valence-corrected chi connectivity index (χ0v) is 18.2. The van der Waals surface area contributed by atoms with E-state index in [4.69, 9.17) is 25.8 Å². The van der Waals surface area contributed by atoms with Crippen LogP contribution in [-0.4, -0.2) is 57.7 Å². The van der Waals surface area contributed by atoms with E-state index >= 15 is 0 Å². The van der Waals surface area contributed by atoms with E-state index in [9.17, 15) is 5.11 Å². The first-order valence-corrected chi connectivity index (χ1v) is 11.5. The van der Waals surface area contributed by atoms with Crippen LogP contribution in [0.15, 0.2) is 36.4 Å². The molecular formula is C24H24ClN3O4. The quantitative estimate of drug-likeness (QED) is 0.617. The first-order chi connectivity index (χ1) is 15.7. The lowest BCUT2D eigenvalue weighted by molar-refractivity contribution is 0.00706. The zero-order chi connectivity index (χ0) is 21.7.